The largest absolute Gasteiger partial charge is 0.494 e. The van der Waals surface area contributed by atoms with Crippen LogP contribution in [0.3, 0.4) is 0 Å². The van der Waals surface area contributed by atoms with E-state index in [2.05, 4.69) is 14.7 Å². The Morgan fingerprint density at radius 2 is 1.73 bits per heavy atom. The molecule has 8 nitrogen and oxygen atoms in total. The summed E-state index contributed by atoms with van der Waals surface area (Å²) in [6.07, 6.45) is 1.32. The molecule has 26 heavy (non-hydrogen) atoms. The first-order valence-electron chi connectivity index (χ1n) is 8.30. The quantitative estimate of drug-likeness (QED) is 0.713. The molecule has 0 amide bonds. The first-order chi connectivity index (χ1) is 12.4. The van der Waals surface area contributed by atoms with Crippen molar-refractivity contribution in [2.45, 2.75) is 32.6 Å². The highest BCUT2D eigenvalue weighted by Crippen LogP contribution is 2.28. The zero-order chi connectivity index (χ0) is 19.2. The highest BCUT2D eigenvalue weighted by atomic mass is 32.2. The van der Waals surface area contributed by atoms with Gasteiger partial charge >= 0.3 is 6.01 Å². The summed E-state index contributed by atoms with van der Waals surface area (Å²) in [6, 6.07) is 4.78. The SMILES string of the molecule is CCOc1ncc(NS(=O)(=O)c2ccc(OCC)c(C)c2)c(OCC)n1. The summed E-state index contributed by atoms with van der Waals surface area (Å²) < 4.78 is 43.9. The van der Waals surface area contributed by atoms with E-state index in [4.69, 9.17) is 14.2 Å². The molecule has 1 aromatic carbocycles. The number of anilines is 1. The highest BCUT2D eigenvalue weighted by molar-refractivity contribution is 7.92. The third kappa shape index (κ3) is 4.75. The highest BCUT2D eigenvalue weighted by Gasteiger charge is 2.19. The van der Waals surface area contributed by atoms with Gasteiger partial charge in [-0.15, -0.1) is 0 Å². The molecule has 0 fully saturated rings. The minimum absolute atomic E-state index is 0.106. The maximum atomic E-state index is 12.7. The number of ether oxygens (including phenoxy) is 3. The van der Waals surface area contributed by atoms with Crippen molar-refractivity contribution in [3.63, 3.8) is 0 Å². The molecule has 0 aliphatic rings. The average Bonchev–Trinajstić information content (AvgIpc) is 2.59. The minimum atomic E-state index is -3.84. The minimum Gasteiger partial charge on any atom is -0.494 e. The molecule has 9 heteroatoms. The third-order valence-corrected chi connectivity index (χ3v) is 4.65. The van der Waals surface area contributed by atoms with Crippen LogP contribution in [-0.4, -0.2) is 38.2 Å². The first-order valence-corrected chi connectivity index (χ1v) is 9.78. The molecule has 0 atom stereocenters. The second-order valence-electron chi connectivity index (χ2n) is 5.20. The first kappa shape index (κ1) is 19.8. The molecule has 0 spiro atoms. The molecular formula is C17H23N3O5S. The average molecular weight is 381 g/mol. The van der Waals surface area contributed by atoms with Gasteiger partial charge in [0.05, 0.1) is 30.9 Å². The Morgan fingerprint density at radius 1 is 1.04 bits per heavy atom. The second-order valence-corrected chi connectivity index (χ2v) is 6.89. The van der Waals surface area contributed by atoms with Crippen LogP contribution in [0.15, 0.2) is 29.3 Å². The van der Waals surface area contributed by atoms with Gasteiger partial charge in [-0.2, -0.15) is 4.98 Å². The van der Waals surface area contributed by atoms with Crippen LogP contribution >= 0.6 is 0 Å². The van der Waals surface area contributed by atoms with E-state index in [0.29, 0.717) is 25.6 Å². The number of sulfonamides is 1. The van der Waals surface area contributed by atoms with Crippen LogP contribution in [0.4, 0.5) is 5.69 Å². The van der Waals surface area contributed by atoms with Gasteiger partial charge in [0, 0.05) is 0 Å². The molecule has 1 aromatic heterocycles. The number of aryl methyl sites for hydroxylation is 1. The van der Waals surface area contributed by atoms with Crippen LogP contribution in [0.5, 0.6) is 17.6 Å². The fourth-order valence-corrected chi connectivity index (χ4v) is 3.30. The summed E-state index contributed by atoms with van der Waals surface area (Å²) in [6.45, 7) is 8.45. The van der Waals surface area contributed by atoms with Crippen LogP contribution in [-0.2, 0) is 10.0 Å². The van der Waals surface area contributed by atoms with Gasteiger partial charge in [-0.1, -0.05) is 0 Å². The topological polar surface area (TPSA) is 99.6 Å². The van der Waals surface area contributed by atoms with Gasteiger partial charge in [0.1, 0.15) is 11.4 Å². The van der Waals surface area contributed by atoms with Crippen molar-refractivity contribution in [1.82, 2.24) is 9.97 Å². The predicted molar refractivity (Wildman–Crippen MR) is 97.5 cm³/mol. The van der Waals surface area contributed by atoms with Crippen LogP contribution in [0.2, 0.25) is 0 Å². The third-order valence-electron chi connectivity index (χ3n) is 3.29. The molecule has 0 radical (unpaired) electrons. The van der Waals surface area contributed by atoms with Crippen molar-refractivity contribution in [2.75, 3.05) is 24.5 Å². The summed E-state index contributed by atoms with van der Waals surface area (Å²) in [5, 5.41) is 0. The lowest BCUT2D eigenvalue weighted by Crippen LogP contribution is -2.15. The molecule has 0 saturated carbocycles. The number of benzene rings is 1. The van der Waals surface area contributed by atoms with Gasteiger partial charge in [-0.25, -0.2) is 13.4 Å². The van der Waals surface area contributed by atoms with Crippen molar-refractivity contribution in [3.05, 3.63) is 30.0 Å². The molecule has 0 saturated heterocycles. The van der Waals surface area contributed by atoms with E-state index < -0.39 is 10.0 Å². The fraction of sp³-hybridized carbons (Fsp3) is 0.412. The molecule has 142 valence electrons. The Morgan fingerprint density at radius 3 is 2.35 bits per heavy atom. The summed E-state index contributed by atoms with van der Waals surface area (Å²) in [4.78, 5) is 8.17. The van der Waals surface area contributed by atoms with Crippen molar-refractivity contribution in [1.29, 1.82) is 0 Å². The number of aromatic nitrogens is 2. The number of hydrogen-bond acceptors (Lipinski definition) is 7. The molecule has 1 N–H and O–H groups in total. The molecule has 1 heterocycles. The van der Waals surface area contributed by atoms with Crippen LogP contribution in [0.1, 0.15) is 26.3 Å². The van der Waals surface area contributed by atoms with E-state index >= 15 is 0 Å². The van der Waals surface area contributed by atoms with Gasteiger partial charge in [-0.05, 0) is 51.5 Å². The Kier molecular flexibility index (Phi) is 6.62. The summed E-state index contributed by atoms with van der Waals surface area (Å²) >= 11 is 0. The zero-order valence-corrected chi connectivity index (χ0v) is 16.1. The lowest BCUT2D eigenvalue weighted by atomic mass is 10.2. The molecule has 0 aliphatic heterocycles. The Balaban J connectivity index is 2.32. The second kappa shape index (κ2) is 8.70. The predicted octanol–water partition coefficient (Wildman–Crippen LogP) is 2.78. The smallest absolute Gasteiger partial charge is 0.319 e. The van der Waals surface area contributed by atoms with Crippen molar-refractivity contribution in [2.24, 2.45) is 0 Å². The van der Waals surface area contributed by atoms with E-state index in [1.54, 1.807) is 32.9 Å². The van der Waals surface area contributed by atoms with Gasteiger partial charge in [0.15, 0.2) is 0 Å². The summed E-state index contributed by atoms with van der Waals surface area (Å²) in [7, 11) is -3.84. The van der Waals surface area contributed by atoms with Crippen LogP contribution in [0.25, 0.3) is 0 Å². The maximum Gasteiger partial charge on any atom is 0.319 e. The zero-order valence-electron chi connectivity index (χ0n) is 15.3. The van der Waals surface area contributed by atoms with E-state index in [-0.39, 0.29) is 22.5 Å². The van der Waals surface area contributed by atoms with E-state index in [1.165, 1.54) is 12.3 Å². The number of nitrogens with one attached hydrogen (secondary N) is 1. The van der Waals surface area contributed by atoms with Gasteiger partial charge < -0.3 is 14.2 Å². The standard InChI is InChI=1S/C17H23N3O5S/c1-5-23-15-9-8-13(10-12(15)4)26(21,22)20-14-11-18-17(25-7-3)19-16(14)24-6-2/h8-11,20H,5-7H2,1-4H3. The van der Waals surface area contributed by atoms with Crippen molar-refractivity contribution in [3.8, 4) is 17.6 Å². The lowest BCUT2D eigenvalue weighted by molar-refractivity contribution is 0.290. The van der Waals surface area contributed by atoms with Gasteiger partial charge in [0.2, 0.25) is 5.88 Å². The number of hydrogen-bond donors (Lipinski definition) is 1. The molecule has 0 bridgehead atoms. The van der Waals surface area contributed by atoms with E-state index in [0.717, 1.165) is 5.56 Å². The molecule has 2 aromatic rings. The van der Waals surface area contributed by atoms with Crippen molar-refractivity contribution < 1.29 is 22.6 Å². The molecular weight excluding hydrogens is 358 g/mol. The Labute approximate surface area is 153 Å². The Bertz CT molecular complexity index is 855. The lowest BCUT2D eigenvalue weighted by Gasteiger charge is -2.14. The molecule has 0 aliphatic carbocycles. The Hall–Kier alpha value is -2.55. The van der Waals surface area contributed by atoms with Gasteiger partial charge in [0.25, 0.3) is 10.0 Å². The molecule has 0 unspecified atom stereocenters. The van der Waals surface area contributed by atoms with Gasteiger partial charge in [-0.3, -0.25) is 4.72 Å². The van der Waals surface area contributed by atoms with E-state index in [9.17, 15) is 8.42 Å². The monoisotopic (exact) mass is 381 g/mol. The van der Waals surface area contributed by atoms with Crippen molar-refractivity contribution >= 4 is 15.7 Å². The molecule has 2 rings (SSSR count). The van der Waals surface area contributed by atoms with Crippen LogP contribution < -0.4 is 18.9 Å². The summed E-state index contributed by atoms with van der Waals surface area (Å²) in [5.74, 6) is 0.753. The number of rotatable bonds is 9. The fourth-order valence-electron chi connectivity index (χ4n) is 2.18. The summed E-state index contributed by atoms with van der Waals surface area (Å²) in [5.41, 5.74) is 0.865. The van der Waals surface area contributed by atoms with E-state index in [1.807, 2.05) is 6.92 Å². The van der Waals surface area contributed by atoms with Crippen LogP contribution in [0, 0.1) is 6.92 Å². The maximum absolute atomic E-state index is 12.7. The normalized spacial score (nSPS) is 11.1. The number of nitrogens with zero attached hydrogens (tertiary/aromatic N) is 2.